The molecule has 6 aliphatic rings. The Morgan fingerprint density at radius 1 is 0.342 bits per heavy atom. The lowest BCUT2D eigenvalue weighted by Crippen LogP contribution is -2.56. The minimum absolute atomic E-state index is 0. The minimum atomic E-state index is 0. The van der Waals surface area contributed by atoms with E-state index in [1.807, 2.05) is 106 Å². The maximum absolute atomic E-state index is 2.64. The number of benzene rings is 7. The predicted molar refractivity (Wildman–Crippen MR) is 332 cm³/mol. The molecule has 7 aromatic rings. The van der Waals surface area contributed by atoms with Crippen molar-refractivity contribution in [1.82, 2.24) is 0 Å². The summed E-state index contributed by atoms with van der Waals surface area (Å²) in [5.41, 5.74) is 17.9. The second-order valence-electron chi connectivity index (χ2n) is 17.3. The molecule has 73 heavy (non-hydrogen) atoms. The zero-order valence-electron chi connectivity index (χ0n) is 47.0. The quantitative estimate of drug-likeness (QED) is 0.167. The van der Waals surface area contributed by atoms with Gasteiger partial charge in [0.25, 0.3) is 0 Å². The third-order valence-corrected chi connectivity index (χ3v) is 13.5. The first-order valence-electron chi connectivity index (χ1n) is 28.5. The van der Waals surface area contributed by atoms with Gasteiger partial charge in [0.15, 0.2) is 0 Å². The molecular weight excluding hydrogens is 879 g/mol. The van der Waals surface area contributed by atoms with Crippen LogP contribution >= 0.6 is 0 Å². The van der Waals surface area contributed by atoms with Gasteiger partial charge in [-0.15, -0.1) is 0 Å². The topological polar surface area (TPSA) is 3.24 Å². The molecule has 4 atom stereocenters. The summed E-state index contributed by atoms with van der Waals surface area (Å²) in [4.78, 5) is 2.64. The first-order valence-corrected chi connectivity index (χ1v) is 28.5. The van der Waals surface area contributed by atoms with Crippen molar-refractivity contribution in [3.05, 3.63) is 221 Å². The van der Waals surface area contributed by atoms with E-state index in [2.05, 4.69) is 178 Å². The van der Waals surface area contributed by atoms with Gasteiger partial charge in [-0.1, -0.05) is 319 Å². The Morgan fingerprint density at radius 2 is 0.644 bits per heavy atom. The van der Waals surface area contributed by atoms with Crippen LogP contribution in [0.15, 0.2) is 182 Å². The molecule has 1 unspecified atom stereocenters. The summed E-state index contributed by atoms with van der Waals surface area (Å²) in [6.45, 7) is 29.9. The summed E-state index contributed by atoms with van der Waals surface area (Å²) >= 11 is 0. The number of fused-ring (bicyclic) bond motifs is 15. The lowest BCUT2D eigenvalue weighted by atomic mass is 9.47. The van der Waals surface area contributed by atoms with Gasteiger partial charge in [-0.05, 0) is 87.0 Å². The standard InChI is InChI=1S/C18H17N.C15H14.C13H10.C6H6.C5H10.C3H8.5C2H6.2CH4/c1-2-19-14-10-6-5-9-13(14)17-15-11-7-3-4-8-12(11)16(15)18(17)19;1-2-11-12-7-3-5-9-14(12)15-10-6-4-8-13(11)15;1-3-7-12-10(5-1)9-11-6-2-4-8-13(11)12;1-2-4-6-5-3-1;1-2-4-5-3-1;1-3-2;5*1-2;;/h3-10,15-18H,2H2,1H3;3-11H,2H2,1H3;1-8H,9H2;1-6H;1-5H2;3H2,1-2H3;5*1-2H3;2*1H4/t15-,16+,17-,18?;;;;;;;;;;;;/m0............/s1. The van der Waals surface area contributed by atoms with Crippen molar-refractivity contribution in [2.24, 2.45) is 0 Å². The molecule has 0 amide bonds. The van der Waals surface area contributed by atoms with Crippen molar-refractivity contribution in [3.63, 3.8) is 0 Å². The van der Waals surface area contributed by atoms with E-state index in [0.717, 1.165) is 36.8 Å². The van der Waals surface area contributed by atoms with E-state index in [1.54, 1.807) is 16.7 Å². The van der Waals surface area contributed by atoms with Crippen LogP contribution in [0, 0.1) is 0 Å². The van der Waals surface area contributed by atoms with Crippen molar-refractivity contribution in [3.8, 4) is 22.3 Å². The smallest absolute Gasteiger partial charge is 0.0440 e. The van der Waals surface area contributed by atoms with Crippen LogP contribution in [0.25, 0.3) is 22.3 Å². The third kappa shape index (κ3) is 15.9. The van der Waals surface area contributed by atoms with Gasteiger partial charge in [0.05, 0.1) is 0 Å². The van der Waals surface area contributed by atoms with E-state index in [0.29, 0.717) is 5.92 Å². The summed E-state index contributed by atoms with van der Waals surface area (Å²) in [5.74, 6) is 2.93. The number of anilines is 1. The molecule has 0 aromatic heterocycles. The molecule has 0 N–H and O–H groups in total. The van der Waals surface area contributed by atoms with Crippen LogP contribution in [0.5, 0.6) is 0 Å². The highest BCUT2D eigenvalue weighted by Crippen LogP contribution is 2.71. The molecule has 0 radical (unpaired) electrons. The number of nitrogens with zero attached hydrogens (tertiary/aromatic N) is 1. The van der Waals surface area contributed by atoms with Crippen molar-refractivity contribution in [1.29, 1.82) is 0 Å². The van der Waals surface area contributed by atoms with Gasteiger partial charge in [-0.2, -0.15) is 0 Å². The molecule has 1 aliphatic heterocycles. The van der Waals surface area contributed by atoms with E-state index in [9.17, 15) is 0 Å². The monoisotopic (exact) mass is 982 g/mol. The van der Waals surface area contributed by atoms with Crippen LogP contribution in [-0.4, -0.2) is 12.6 Å². The number of para-hydroxylation sites is 1. The molecule has 1 nitrogen and oxygen atoms in total. The fourth-order valence-electron chi connectivity index (χ4n) is 10.9. The van der Waals surface area contributed by atoms with E-state index < -0.39 is 0 Å². The molecule has 2 saturated carbocycles. The lowest BCUT2D eigenvalue weighted by molar-refractivity contribution is 0.198. The Morgan fingerprint density at radius 3 is 1.03 bits per heavy atom. The van der Waals surface area contributed by atoms with Gasteiger partial charge >= 0.3 is 0 Å². The van der Waals surface area contributed by atoms with Crippen LogP contribution in [0.3, 0.4) is 0 Å². The van der Waals surface area contributed by atoms with Crippen molar-refractivity contribution < 1.29 is 0 Å². The Balaban J connectivity index is 0.000000449. The summed E-state index contributed by atoms with van der Waals surface area (Å²) < 4.78 is 0. The zero-order valence-corrected chi connectivity index (χ0v) is 47.0. The van der Waals surface area contributed by atoms with Crippen LogP contribution in [-0.2, 0) is 6.42 Å². The third-order valence-electron chi connectivity index (χ3n) is 13.5. The molecule has 7 aromatic carbocycles. The number of hydrogen-bond acceptors (Lipinski definition) is 1. The van der Waals surface area contributed by atoms with Crippen LogP contribution in [0.1, 0.15) is 219 Å². The molecule has 2 fully saturated rings. The van der Waals surface area contributed by atoms with Crippen LogP contribution < -0.4 is 4.90 Å². The van der Waals surface area contributed by atoms with E-state index in [4.69, 9.17) is 0 Å². The summed E-state index contributed by atoms with van der Waals surface area (Å²) in [6, 6.07) is 65.7. The normalized spacial score (nSPS) is 16.4. The molecular formula is C72H103N. The molecule has 1 heteroatoms. The number of hydrogen-bond donors (Lipinski definition) is 0. The van der Waals surface area contributed by atoms with Crippen molar-refractivity contribution >= 4 is 5.69 Å². The second kappa shape index (κ2) is 37.1. The van der Waals surface area contributed by atoms with Crippen molar-refractivity contribution in [2.75, 3.05) is 11.4 Å². The summed E-state index contributed by atoms with van der Waals surface area (Å²) in [6.07, 6.45) is 11.0. The first-order chi connectivity index (χ1) is 35.2. The second-order valence-corrected chi connectivity index (χ2v) is 17.3. The Hall–Kier alpha value is -5.66. The van der Waals surface area contributed by atoms with Gasteiger partial charge in [0.1, 0.15) is 0 Å². The largest absolute Gasteiger partial charge is 0.367 e. The number of rotatable bonds is 2. The molecule has 1 heterocycles. The molecule has 13 rings (SSSR count). The maximum atomic E-state index is 2.64. The SMILES string of the molecule is C.C.C1CCCC1.CC.CC.CC.CC.CC.CCC.CCC1c2ccccc2-c2ccccc21.CCN1c2ccccc2[C@@H]2C1[C@@H]1c3ccccc3[C@H]21.c1ccc2c(c1)Cc1ccccc1-2.c1ccccc1. The van der Waals surface area contributed by atoms with Crippen LogP contribution in [0.2, 0.25) is 0 Å². The highest BCUT2D eigenvalue weighted by molar-refractivity contribution is 5.79. The van der Waals surface area contributed by atoms with Gasteiger partial charge in [0, 0.05) is 41.9 Å². The molecule has 5 aliphatic carbocycles. The van der Waals surface area contributed by atoms with E-state index in [-0.39, 0.29) is 14.9 Å². The zero-order chi connectivity index (χ0) is 52.0. The lowest BCUT2D eigenvalue weighted by Gasteiger charge is -2.59. The molecule has 0 saturated heterocycles. The first kappa shape index (κ1) is 65.4. The molecule has 0 spiro atoms. The Kier molecular flexibility index (Phi) is 33.2. The highest BCUT2D eigenvalue weighted by Gasteiger charge is 2.64. The average Bonchev–Trinajstić information content (AvgIpc) is 4.28. The van der Waals surface area contributed by atoms with E-state index in [1.165, 1.54) is 95.1 Å². The summed E-state index contributed by atoms with van der Waals surface area (Å²) in [7, 11) is 0. The van der Waals surface area contributed by atoms with Gasteiger partial charge in [-0.25, -0.2) is 0 Å². The maximum Gasteiger partial charge on any atom is 0.0440 e. The van der Waals surface area contributed by atoms with Gasteiger partial charge < -0.3 is 4.90 Å². The van der Waals surface area contributed by atoms with Crippen LogP contribution in [0.4, 0.5) is 5.69 Å². The number of likely N-dealkylation sites (N-methyl/N-ethyl adjacent to an activating group) is 1. The highest BCUT2D eigenvalue weighted by atomic mass is 15.2. The fourth-order valence-corrected chi connectivity index (χ4v) is 10.9. The molecule has 396 valence electrons. The van der Waals surface area contributed by atoms with Crippen molar-refractivity contribution in [2.45, 2.75) is 193 Å². The van der Waals surface area contributed by atoms with E-state index >= 15 is 0 Å². The fraction of sp³-hybridized carbons (Fsp3) is 0.417. The summed E-state index contributed by atoms with van der Waals surface area (Å²) in [5, 5.41) is 0. The molecule has 0 bridgehead atoms. The Labute approximate surface area is 451 Å². The van der Waals surface area contributed by atoms with Gasteiger partial charge in [0.2, 0.25) is 0 Å². The van der Waals surface area contributed by atoms with Gasteiger partial charge in [-0.3, -0.25) is 0 Å². The Bertz CT molecular complexity index is 2330. The predicted octanol–water partition coefficient (Wildman–Crippen LogP) is 22.8. The minimum Gasteiger partial charge on any atom is -0.367 e. The average molecular weight is 983 g/mol.